The van der Waals surface area contributed by atoms with Crippen LogP contribution >= 0.6 is 22.9 Å². The van der Waals surface area contributed by atoms with Crippen LogP contribution in [-0.4, -0.2) is 11.0 Å². The highest BCUT2D eigenvalue weighted by Crippen LogP contribution is 2.18. The molecule has 1 aromatic rings. The van der Waals surface area contributed by atoms with Crippen molar-refractivity contribution >= 4 is 22.9 Å². The first-order valence-electron chi connectivity index (χ1n) is 6.06. The molecule has 0 amide bonds. The van der Waals surface area contributed by atoms with Gasteiger partial charge in [-0.3, -0.25) is 0 Å². The number of nitrogens with one attached hydrogen (secondary N) is 1. The summed E-state index contributed by atoms with van der Waals surface area (Å²) in [6.45, 7) is 5.32. The van der Waals surface area contributed by atoms with Gasteiger partial charge in [0.25, 0.3) is 0 Å². The van der Waals surface area contributed by atoms with Crippen molar-refractivity contribution in [2.45, 2.75) is 58.5 Å². The third kappa shape index (κ3) is 5.83. The molecule has 92 valence electrons. The molecule has 2 nitrogen and oxygen atoms in total. The Bertz CT molecular complexity index is 288. The van der Waals surface area contributed by atoms with Crippen LogP contribution in [0.3, 0.4) is 0 Å². The van der Waals surface area contributed by atoms with Gasteiger partial charge < -0.3 is 5.32 Å². The van der Waals surface area contributed by atoms with E-state index in [0.29, 0.717) is 6.04 Å². The van der Waals surface area contributed by atoms with Crippen molar-refractivity contribution < 1.29 is 0 Å². The number of rotatable bonds is 8. The maximum Gasteiger partial charge on any atom is 0.113 e. The minimum Gasteiger partial charge on any atom is -0.308 e. The van der Waals surface area contributed by atoms with Crippen molar-refractivity contribution in [3.8, 4) is 0 Å². The van der Waals surface area contributed by atoms with Gasteiger partial charge in [-0.15, -0.1) is 11.3 Å². The summed E-state index contributed by atoms with van der Waals surface area (Å²) in [4.78, 5) is 4.22. The van der Waals surface area contributed by atoms with Gasteiger partial charge in [0.1, 0.15) is 9.34 Å². The molecule has 1 heterocycles. The molecule has 0 saturated heterocycles. The maximum atomic E-state index is 5.82. The van der Waals surface area contributed by atoms with Gasteiger partial charge in [-0.2, -0.15) is 0 Å². The summed E-state index contributed by atoms with van der Waals surface area (Å²) in [5, 5.41) is 4.55. The molecule has 0 saturated carbocycles. The summed E-state index contributed by atoms with van der Waals surface area (Å²) in [6.07, 6.45) is 8.30. The molecule has 1 N–H and O–H groups in total. The summed E-state index contributed by atoms with van der Waals surface area (Å²) in [7, 11) is 0. The van der Waals surface area contributed by atoms with Crippen molar-refractivity contribution in [3.05, 3.63) is 15.5 Å². The SMILES string of the molecule is CCCCCCC(C)NCc1ncc(Cl)s1. The fraction of sp³-hybridized carbons (Fsp3) is 0.750. The standard InChI is InChI=1S/C12H21ClN2S/c1-3-4-5-6-7-10(2)14-9-12-15-8-11(13)16-12/h8,10,14H,3-7,9H2,1-2H3. The van der Waals surface area contributed by atoms with E-state index in [9.17, 15) is 0 Å². The highest BCUT2D eigenvalue weighted by molar-refractivity contribution is 7.15. The summed E-state index contributed by atoms with van der Waals surface area (Å²) in [6, 6.07) is 0.569. The molecule has 0 fully saturated rings. The second-order valence-corrected chi connectivity index (χ2v) is 5.94. The predicted molar refractivity (Wildman–Crippen MR) is 72.2 cm³/mol. The van der Waals surface area contributed by atoms with E-state index in [2.05, 4.69) is 24.1 Å². The molecule has 0 radical (unpaired) electrons. The summed E-state index contributed by atoms with van der Waals surface area (Å²) >= 11 is 7.38. The van der Waals surface area contributed by atoms with Crippen LogP contribution in [0, 0.1) is 0 Å². The van der Waals surface area contributed by atoms with E-state index >= 15 is 0 Å². The van der Waals surface area contributed by atoms with E-state index in [1.165, 1.54) is 32.1 Å². The highest BCUT2D eigenvalue weighted by Gasteiger charge is 2.03. The van der Waals surface area contributed by atoms with Crippen LogP contribution in [0.2, 0.25) is 4.34 Å². The lowest BCUT2D eigenvalue weighted by molar-refractivity contribution is 0.482. The van der Waals surface area contributed by atoms with E-state index in [-0.39, 0.29) is 0 Å². The van der Waals surface area contributed by atoms with E-state index in [1.807, 2.05) is 0 Å². The Morgan fingerprint density at radius 1 is 1.44 bits per heavy atom. The van der Waals surface area contributed by atoms with Gasteiger partial charge >= 0.3 is 0 Å². The van der Waals surface area contributed by atoms with E-state index in [4.69, 9.17) is 11.6 Å². The molecule has 4 heteroatoms. The number of halogens is 1. The van der Waals surface area contributed by atoms with Crippen LogP contribution < -0.4 is 5.32 Å². The number of aromatic nitrogens is 1. The van der Waals surface area contributed by atoms with Gasteiger partial charge in [0.2, 0.25) is 0 Å². The third-order valence-electron chi connectivity index (χ3n) is 2.62. The molecule has 1 atom stereocenters. The van der Waals surface area contributed by atoms with Crippen molar-refractivity contribution in [2.75, 3.05) is 0 Å². The van der Waals surface area contributed by atoms with Crippen LogP contribution in [-0.2, 0) is 6.54 Å². The largest absolute Gasteiger partial charge is 0.308 e. The van der Waals surface area contributed by atoms with Crippen LogP contribution in [0.25, 0.3) is 0 Å². The second-order valence-electron chi connectivity index (χ2n) is 4.19. The molecule has 1 unspecified atom stereocenters. The Morgan fingerprint density at radius 2 is 2.25 bits per heavy atom. The van der Waals surface area contributed by atoms with Gasteiger partial charge in [0.05, 0.1) is 6.20 Å². The first-order valence-corrected chi connectivity index (χ1v) is 7.25. The fourth-order valence-corrected chi connectivity index (χ4v) is 2.52. The van der Waals surface area contributed by atoms with Gasteiger partial charge in [-0.1, -0.05) is 44.2 Å². The van der Waals surface area contributed by atoms with Crippen molar-refractivity contribution in [1.29, 1.82) is 0 Å². The van der Waals surface area contributed by atoms with Gasteiger partial charge in [0.15, 0.2) is 0 Å². The van der Waals surface area contributed by atoms with Crippen LogP contribution in [0.5, 0.6) is 0 Å². The maximum absolute atomic E-state index is 5.82. The normalized spacial score (nSPS) is 12.9. The lowest BCUT2D eigenvalue weighted by Gasteiger charge is -2.12. The van der Waals surface area contributed by atoms with Crippen LogP contribution in [0.1, 0.15) is 51.0 Å². The Kier molecular flexibility index (Phi) is 7.01. The molecule has 0 aromatic carbocycles. The fourth-order valence-electron chi connectivity index (χ4n) is 1.61. The quantitative estimate of drug-likeness (QED) is 0.707. The Morgan fingerprint density at radius 3 is 2.88 bits per heavy atom. The molecule has 0 aliphatic rings. The lowest BCUT2D eigenvalue weighted by atomic mass is 10.1. The van der Waals surface area contributed by atoms with Gasteiger partial charge in [0, 0.05) is 12.6 Å². The first kappa shape index (κ1) is 13.9. The minimum atomic E-state index is 0.569. The lowest BCUT2D eigenvalue weighted by Crippen LogP contribution is -2.25. The predicted octanol–water partition coefficient (Wildman–Crippen LogP) is 4.25. The zero-order chi connectivity index (χ0) is 11.8. The average Bonchev–Trinajstić information content (AvgIpc) is 2.68. The van der Waals surface area contributed by atoms with Crippen molar-refractivity contribution in [1.82, 2.24) is 10.3 Å². The monoisotopic (exact) mass is 260 g/mol. The molecule has 0 aliphatic carbocycles. The Hall–Kier alpha value is -0.120. The van der Waals surface area contributed by atoms with E-state index < -0.39 is 0 Å². The topological polar surface area (TPSA) is 24.9 Å². The van der Waals surface area contributed by atoms with E-state index in [0.717, 1.165) is 15.9 Å². The van der Waals surface area contributed by atoms with Crippen molar-refractivity contribution in [3.63, 3.8) is 0 Å². The molecule has 0 spiro atoms. The summed E-state index contributed by atoms with van der Waals surface area (Å²) < 4.78 is 0.771. The summed E-state index contributed by atoms with van der Waals surface area (Å²) in [5.74, 6) is 0. The number of thiazole rings is 1. The number of hydrogen-bond acceptors (Lipinski definition) is 3. The molecule has 1 rings (SSSR count). The second kappa shape index (κ2) is 8.04. The average molecular weight is 261 g/mol. The first-order chi connectivity index (χ1) is 7.72. The number of nitrogens with zero attached hydrogens (tertiary/aromatic N) is 1. The number of unbranched alkanes of at least 4 members (excludes halogenated alkanes) is 3. The highest BCUT2D eigenvalue weighted by atomic mass is 35.5. The smallest absolute Gasteiger partial charge is 0.113 e. The minimum absolute atomic E-state index is 0.569. The third-order valence-corrected chi connectivity index (χ3v) is 3.73. The van der Waals surface area contributed by atoms with Gasteiger partial charge in [-0.05, 0) is 13.3 Å². The van der Waals surface area contributed by atoms with Crippen molar-refractivity contribution in [2.24, 2.45) is 0 Å². The molecule has 0 bridgehead atoms. The molecule has 0 aliphatic heterocycles. The Labute approximate surface area is 107 Å². The Balaban J connectivity index is 2.08. The zero-order valence-corrected chi connectivity index (χ0v) is 11.7. The molecular weight excluding hydrogens is 240 g/mol. The van der Waals surface area contributed by atoms with E-state index in [1.54, 1.807) is 17.5 Å². The number of hydrogen-bond donors (Lipinski definition) is 1. The molecule has 1 aromatic heterocycles. The summed E-state index contributed by atoms with van der Waals surface area (Å²) in [5.41, 5.74) is 0. The van der Waals surface area contributed by atoms with Crippen LogP contribution in [0.4, 0.5) is 0 Å². The van der Waals surface area contributed by atoms with Crippen LogP contribution in [0.15, 0.2) is 6.20 Å². The molecule has 16 heavy (non-hydrogen) atoms. The van der Waals surface area contributed by atoms with Gasteiger partial charge in [-0.25, -0.2) is 4.98 Å². The zero-order valence-electron chi connectivity index (χ0n) is 10.1. The molecular formula is C12H21ClN2S.